The molecule has 0 aliphatic rings. The zero-order chi connectivity index (χ0) is 27.6. The Hall–Kier alpha value is -3.84. The summed E-state index contributed by atoms with van der Waals surface area (Å²) < 4.78 is 2.62. The molecular weight excluding hydrogens is 494 g/mol. The third-order valence-electron chi connectivity index (χ3n) is 9.25. The normalized spacial score (nSPS) is 12.1. The van der Waals surface area contributed by atoms with Crippen molar-refractivity contribution in [3.63, 3.8) is 0 Å². The molecule has 1 aromatic heterocycles. The van der Waals surface area contributed by atoms with E-state index in [9.17, 15) is 0 Å². The second-order valence-electron chi connectivity index (χ2n) is 12.2. The number of hydrogen-bond donors (Lipinski definition) is 0. The second kappa shape index (κ2) is 11.6. The van der Waals surface area contributed by atoms with Crippen molar-refractivity contribution in [1.82, 2.24) is 4.57 Å². The van der Waals surface area contributed by atoms with Crippen LogP contribution in [0.5, 0.6) is 0 Å². The number of hydrogen-bond acceptors (Lipinski definition) is 0. The molecule has 0 amide bonds. The molecule has 0 bridgehead atoms. The summed E-state index contributed by atoms with van der Waals surface area (Å²) in [7, 11) is 0. The van der Waals surface area contributed by atoms with Crippen LogP contribution in [-0.4, -0.2) is 4.57 Å². The third kappa shape index (κ3) is 5.19. The number of unbranched alkanes of at least 4 members (excludes halogenated alkanes) is 9. The van der Waals surface area contributed by atoms with E-state index < -0.39 is 0 Å². The maximum Gasteiger partial charge on any atom is 0.0497 e. The summed E-state index contributed by atoms with van der Waals surface area (Å²) in [6.45, 7) is 3.38. The van der Waals surface area contributed by atoms with Crippen LogP contribution in [0.3, 0.4) is 0 Å². The number of fused-ring (bicyclic) bond motifs is 7. The third-order valence-corrected chi connectivity index (χ3v) is 9.25. The van der Waals surface area contributed by atoms with Crippen LogP contribution in [0.2, 0.25) is 0 Å². The molecule has 0 unspecified atom stereocenters. The number of benzene rings is 6. The average molecular weight is 536 g/mol. The average Bonchev–Trinajstić information content (AvgIpc) is 3.28. The van der Waals surface area contributed by atoms with Gasteiger partial charge in [-0.25, -0.2) is 0 Å². The van der Waals surface area contributed by atoms with Crippen LogP contribution in [0.4, 0.5) is 0 Å². The molecule has 0 aliphatic carbocycles. The molecule has 1 heterocycles. The van der Waals surface area contributed by atoms with E-state index in [0.29, 0.717) is 0 Å². The van der Waals surface area contributed by atoms with Gasteiger partial charge in [-0.2, -0.15) is 0 Å². The fourth-order valence-corrected chi connectivity index (χ4v) is 6.97. The van der Waals surface area contributed by atoms with Crippen LogP contribution >= 0.6 is 0 Å². The predicted octanol–water partition coefficient (Wildman–Crippen LogP) is 12.3. The van der Waals surface area contributed by atoms with Crippen molar-refractivity contribution in [2.75, 3.05) is 0 Å². The zero-order valence-corrected chi connectivity index (χ0v) is 24.5. The molecule has 0 saturated heterocycles. The summed E-state index contributed by atoms with van der Waals surface area (Å²) in [6, 6.07) is 36.8. The van der Waals surface area contributed by atoms with Gasteiger partial charge in [-0.3, -0.25) is 0 Å². The lowest BCUT2D eigenvalue weighted by atomic mass is 9.99. The summed E-state index contributed by atoms with van der Waals surface area (Å²) in [5.41, 5.74) is 2.75. The van der Waals surface area contributed by atoms with Crippen LogP contribution < -0.4 is 0 Å². The van der Waals surface area contributed by atoms with E-state index >= 15 is 0 Å². The fourth-order valence-electron chi connectivity index (χ4n) is 6.97. The van der Waals surface area contributed by atoms with E-state index in [1.165, 1.54) is 129 Å². The molecule has 7 rings (SSSR count). The van der Waals surface area contributed by atoms with Crippen LogP contribution in [0.1, 0.15) is 71.1 Å². The molecule has 0 atom stereocenters. The van der Waals surface area contributed by atoms with Crippen molar-refractivity contribution < 1.29 is 0 Å². The standard InChI is InChI=1S/C40H41N/c1-2-3-4-5-6-7-8-9-10-15-20-41-39-27-35-23-31-18-13-11-16-29(31)21-33(35)25-37(39)38-26-34-22-30-17-12-14-19-32(30)24-36(34)28-40(38)41/h11-14,16-19,21-28H,2-10,15,20H2,1H3. The molecule has 7 aromatic rings. The highest BCUT2D eigenvalue weighted by Crippen LogP contribution is 2.37. The van der Waals surface area contributed by atoms with Crippen LogP contribution in [-0.2, 0) is 6.54 Å². The molecule has 1 heteroatoms. The first-order valence-electron chi connectivity index (χ1n) is 16.0. The molecule has 0 radical (unpaired) electrons. The summed E-state index contributed by atoms with van der Waals surface area (Å²) in [5, 5.41) is 13.3. The SMILES string of the molecule is CCCCCCCCCCCCn1c2cc3cc4ccccc4cc3cc2c2cc3cc4ccccc4cc3cc21. The molecule has 41 heavy (non-hydrogen) atoms. The first-order valence-corrected chi connectivity index (χ1v) is 16.0. The maximum atomic E-state index is 2.62. The van der Waals surface area contributed by atoms with E-state index in [0.717, 1.165) is 6.54 Å². The minimum absolute atomic E-state index is 1.08. The molecule has 0 fully saturated rings. The summed E-state index contributed by atoms with van der Waals surface area (Å²) >= 11 is 0. The van der Waals surface area contributed by atoms with E-state index in [1.807, 2.05) is 0 Å². The van der Waals surface area contributed by atoms with Gasteiger partial charge in [-0.05, 0) is 98.0 Å². The monoisotopic (exact) mass is 535 g/mol. The first-order chi connectivity index (χ1) is 20.3. The highest BCUT2D eigenvalue weighted by Gasteiger charge is 2.14. The van der Waals surface area contributed by atoms with Crippen molar-refractivity contribution >= 4 is 64.9 Å². The Morgan fingerprint density at radius 2 is 0.756 bits per heavy atom. The Morgan fingerprint density at radius 3 is 1.17 bits per heavy atom. The molecule has 6 aromatic carbocycles. The lowest BCUT2D eigenvalue weighted by molar-refractivity contribution is 0.541. The summed E-state index contributed by atoms with van der Waals surface area (Å²) in [6.07, 6.45) is 13.7. The van der Waals surface area contributed by atoms with Gasteiger partial charge in [0.15, 0.2) is 0 Å². The van der Waals surface area contributed by atoms with E-state index in [2.05, 4.69) is 109 Å². The predicted molar refractivity (Wildman–Crippen MR) is 181 cm³/mol. The number of aromatic nitrogens is 1. The van der Waals surface area contributed by atoms with E-state index in [4.69, 9.17) is 0 Å². The lowest BCUT2D eigenvalue weighted by Crippen LogP contribution is -1.98. The van der Waals surface area contributed by atoms with Crippen molar-refractivity contribution in [1.29, 1.82) is 0 Å². The molecular formula is C40H41N. The van der Waals surface area contributed by atoms with Gasteiger partial charge < -0.3 is 4.57 Å². The molecule has 0 N–H and O–H groups in total. The van der Waals surface area contributed by atoms with Gasteiger partial charge in [0, 0.05) is 28.4 Å². The van der Waals surface area contributed by atoms with Gasteiger partial charge in [-0.1, -0.05) is 113 Å². The lowest BCUT2D eigenvalue weighted by Gasteiger charge is -2.10. The van der Waals surface area contributed by atoms with Crippen molar-refractivity contribution in [2.45, 2.75) is 77.7 Å². The molecule has 206 valence electrons. The number of nitrogens with zero attached hydrogens (tertiary/aromatic N) is 1. The van der Waals surface area contributed by atoms with Crippen LogP contribution in [0.25, 0.3) is 64.9 Å². The Kier molecular flexibility index (Phi) is 7.36. The Labute approximate surface area is 243 Å². The Balaban J connectivity index is 1.26. The van der Waals surface area contributed by atoms with Crippen molar-refractivity contribution in [3.05, 3.63) is 97.1 Å². The topological polar surface area (TPSA) is 4.93 Å². The van der Waals surface area contributed by atoms with Crippen molar-refractivity contribution in [2.24, 2.45) is 0 Å². The molecule has 1 nitrogen and oxygen atoms in total. The van der Waals surface area contributed by atoms with E-state index in [1.54, 1.807) is 0 Å². The molecule has 0 aliphatic heterocycles. The molecule has 0 spiro atoms. The molecule has 0 saturated carbocycles. The van der Waals surface area contributed by atoms with E-state index in [-0.39, 0.29) is 0 Å². The Morgan fingerprint density at radius 1 is 0.390 bits per heavy atom. The van der Waals surface area contributed by atoms with Gasteiger partial charge in [0.1, 0.15) is 0 Å². The number of aryl methyl sites for hydroxylation is 1. The second-order valence-corrected chi connectivity index (χ2v) is 12.2. The van der Waals surface area contributed by atoms with Gasteiger partial charge in [0.05, 0.1) is 0 Å². The number of rotatable bonds is 11. The van der Waals surface area contributed by atoms with Gasteiger partial charge >= 0.3 is 0 Å². The van der Waals surface area contributed by atoms with Crippen molar-refractivity contribution in [3.8, 4) is 0 Å². The quantitative estimate of drug-likeness (QED) is 0.115. The summed E-state index contributed by atoms with van der Waals surface area (Å²) in [5.74, 6) is 0. The van der Waals surface area contributed by atoms with Crippen LogP contribution in [0.15, 0.2) is 97.1 Å². The highest BCUT2D eigenvalue weighted by atomic mass is 15.0. The van der Waals surface area contributed by atoms with Gasteiger partial charge in [0.25, 0.3) is 0 Å². The van der Waals surface area contributed by atoms with Crippen LogP contribution in [0, 0.1) is 0 Å². The maximum absolute atomic E-state index is 2.62. The minimum Gasteiger partial charge on any atom is -0.340 e. The minimum atomic E-state index is 1.08. The fraction of sp³-hybridized carbons (Fsp3) is 0.300. The van der Waals surface area contributed by atoms with Gasteiger partial charge in [-0.15, -0.1) is 0 Å². The zero-order valence-electron chi connectivity index (χ0n) is 24.5. The summed E-state index contributed by atoms with van der Waals surface area (Å²) in [4.78, 5) is 0. The first kappa shape index (κ1) is 26.1. The Bertz CT molecular complexity index is 1860. The van der Waals surface area contributed by atoms with Gasteiger partial charge in [0.2, 0.25) is 0 Å². The highest BCUT2D eigenvalue weighted by molar-refractivity contribution is 6.17. The largest absolute Gasteiger partial charge is 0.340 e. The smallest absolute Gasteiger partial charge is 0.0497 e.